The molecule has 1 aromatic carbocycles. The zero-order chi connectivity index (χ0) is 13.8. The second-order valence-electron chi connectivity index (χ2n) is 5.72. The first kappa shape index (κ1) is 14.5. The van der Waals surface area contributed by atoms with E-state index in [1.807, 2.05) is 19.9 Å². The van der Waals surface area contributed by atoms with E-state index < -0.39 is 0 Å². The van der Waals surface area contributed by atoms with Gasteiger partial charge >= 0.3 is 0 Å². The highest BCUT2D eigenvalue weighted by atomic mass is 19.1. The van der Waals surface area contributed by atoms with E-state index in [2.05, 4.69) is 22.8 Å². The molecule has 0 bridgehead atoms. The molecule has 2 nitrogen and oxygen atoms in total. The smallest absolute Gasteiger partial charge is 0.126 e. The van der Waals surface area contributed by atoms with Crippen molar-refractivity contribution in [3.05, 3.63) is 35.1 Å². The fourth-order valence-corrected chi connectivity index (χ4v) is 2.66. The second kappa shape index (κ2) is 6.49. The lowest BCUT2D eigenvalue weighted by Gasteiger charge is -2.34. The summed E-state index contributed by atoms with van der Waals surface area (Å²) in [4.78, 5) is 4.87. The maximum atomic E-state index is 13.9. The first-order valence-electron chi connectivity index (χ1n) is 7.33. The number of halogens is 1. The number of nitrogens with zero attached hydrogens (tertiary/aromatic N) is 2. The van der Waals surface area contributed by atoms with Gasteiger partial charge in [-0.3, -0.25) is 4.90 Å². The number of piperazine rings is 1. The van der Waals surface area contributed by atoms with Crippen molar-refractivity contribution < 1.29 is 4.39 Å². The van der Waals surface area contributed by atoms with Gasteiger partial charge in [-0.15, -0.1) is 0 Å². The number of rotatable bonds is 4. The minimum atomic E-state index is -0.0558. The lowest BCUT2D eigenvalue weighted by atomic mass is 10.0. The summed E-state index contributed by atoms with van der Waals surface area (Å²) in [6, 6.07) is 5.73. The number of hydrogen-bond acceptors (Lipinski definition) is 2. The molecule has 1 aromatic rings. The average molecular weight is 264 g/mol. The van der Waals surface area contributed by atoms with Crippen LogP contribution in [0.2, 0.25) is 0 Å². The summed E-state index contributed by atoms with van der Waals surface area (Å²) in [5.41, 5.74) is 1.91. The van der Waals surface area contributed by atoms with Gasteiger partial charge in [0.2, 0.25) is 0 Å². The topological polar surface area (TPSA) is 6.48 Å². The maximum absolute atomic E-state index is 13.9. The van der Waals surface area contributed by atoms with Crippen LogP contribution in [0.3, 0.4) is 0 Å². The van der Waals surface area contributed by atoms with E-state index in [0.717, 1.165) is 50.4 Å². The highest BCUT2D eigenvalue weighted by molar-refractivity contribution is 5.26. The van der Waals surface area contributed by atoms with Crippen molar-refractivity contribution in [2.45, 2.75) is 33.2 Å². The normalized spacial score (nSPS) is 18.2. The van der Waals surface area contributed by atoms with Gasteiger partial charge in [0, 0.05) is 32.7 Å². The Labute approximate surface area is 116 Å². The van der Waals surface area contributed by atoms with E-state index in [9.17, 15) is 4.39 Å². The summed E-state index contributed by atoms with van der Waals surface area (Å²) in [5, 5.41) is 0. The molecule has 1 heterocycles. The Bertz CT molecular complexity index is 409. The van der Waals surface area contributed by atoms with Gasteiger partial charge in [-0.05, 0) is 29.7 Å². The number of hydrogen-bond donors (Lipinski definition) is 0. The van der Waals surface area contributed by atoms with Gasteiger partial charge in [-0.1, -0.05) is 32.9 Å². The molecule has 0 atom stereocenters. The summed E-state index contributed by atoms with van der Waals surface area (Å²) in [6.45, 7) is 12.7. The molecule has 0 radical (unpaired) electrons. The van der Waals surface area contributed by atoms with Crippen LogP contribution >= 0.6 is 0 Å². The maximum Gasteiger partial charge on any atom is 0.126 e. The van der Waals surface area contributed by atoms with Crippen molar-refractivity contribution in [2.75, 3.05) is 32.7 Å². The van der Waals surface area contributed by atoms with Crippen LogP contribution in [-0.4, -0.2) is 42.5 Å². The molecule has 3 heteroatoms. The largest absolute Gasteiger partial charge is 0.301 e. The predicted octanol–water partition coefficient (Wildman–Crippen LogP) is 3.09. The van der Waals surface area contributed by atoms with E-state index >= 15 is 0 Å². The minimum absolute atomic E-state index is 0.0558. The third-order valence-corrected chi connectivity index (χ3v) is 4.01. The fourth-order valence-electron chi connectivity index (χ4n) is 2.66. The van der Waals surface area contributed by atoms with Crippen molar-refractivity contribution in [3.63, 3.8) is 0 Å². The van der Waals surface area contributed by atoms with Crippen LogP contribution < -0.4 is 0 Å². The van der Waals surface area contributed by atoms with Gasteiger partial charge < -0.3 is 4.90 Å². The SMILES string of the molecule is CCN1CCN(Cc2ccc(C(C)C)c(F)c2)CC1. The second-order valence-corrected chi connectivity index (χ2v) is 5.72. The molecule has 1 fully saturated rings. The third kappa shape index (κ3) is 3.77. The van der Waals surface area contributed by atoms with E-state index in [0.29, 0.717) is 0 Å². The molecule has 2 rings (SSSR count). The van der Waals surface area contributed by atoms with E-state index in [1.165, 1.54) is 0 Å². The van der Waals surface area contributed by atoms with Gasteiger partial charge in [0.1, 0.15) is 5.82 Å². The molecule has 1 aliphatic heterocycles. The molecule has 0 spiro atoms. The molecule has 1 aliphatic rings. The van der Waals surface area contributed by atoms with Gasteiger partial charge in [-0.2, -0.15) is 0 Å². The average Bonchev–Trinajstić information content (AvgIpc) is 2.39. The zero-order valence-corrected chi connectivity index (χ0v) is 12.3. The Hall–Kier alpha value is -0.930. The molecular formula is C16H25FN2. The van der Waals surface area contributed by atoms with Gasteiger partial charge in [-0.25, -0.2) is 4.39 Å². The quantitative estimate of drug-likeness (QED) is 0.824. The number of likely N-dealkylation sites (N-methyl/N-ethyl adjacent to an activating group) is 1. The summed E-state index contributed by atoms with van der Waals surface area (Å²) in [5.74, 6) is 0.196. The molecule has 0 amide bonds. The van der Waals surface area contributed by atoms with Crippen molar-refractivity contribution >= 4 is 0 Å². The number of benzene rings is 1. The van der Waals surface area contributed by atoms with Gasteiger partial charge in [0.15, 0.2) is 0 Å². The summed E-state index contributed by atoms with van der Waals surface area (Å²) < 4.78 is 13.9. The van der Waals surface area contributed by atoms with Crippen LogP contribution in [0.1, 0.15) is 37.8 Å². The molecule has 1 saturated heterocycles. The Morgan fingerprint density at radius 3 is 2.26 bits per heavy atom. The molecule has 0 N–H and O–H groups in total. The molecule has 106 valence electrons. The summed E-state index contributed by atoms with van der Waals surface area (Å²) >= 11 is 0. The molecule has 0 aliphatic carbocycles. The van der Waals surface area contributed by atoms with Crippen molar-refractivity contribution in [3.8, 4) is 0 Å². The highest BCUT2D eigenvalue weighted by Crippen LogP contribution is 2.20. The standard InChI is InChI=1S/C16H25FN2/c1-4-18-7-9-19(10-8-18)12-14-5-6-15(13(2)3)16(17)11-14/h5-6,11,13H,4,7-10,12H2,1-3H3. The Morgan fingerprint density at radius 1 is 1.11 bits per heavy atom. The van der Waals surface area contributed by atoms with Crippen LogP contribution in [0.15, 0.2) is 18.2 Å². The van der Waals surface area contributed by atoms with Crippen LogP contribution in [0.25, 0.3) is 0 Å². The van der Waals surface area contributed by atoms with E-state index in [-0.39, 0.29) is 11.7 Å². The predicted molar refractivity (Wildman–Crippen MR) is 77.9 cm³/mol. The summed E-state index contributed by atoms with van der Waals surface area (Å²) in [7, 11) is 0. The zero-order valence-electron chi connectivity index (χ0n) is 12.3. The van der Waals surface area contributed by atoms with Gasteiger partial charge in [0.25, 0.3) is 0 Å². The van der Waals surface area contributed by atoms with Crippen molar-refractivity contribution in [2.24, 2.45) is 0 Å². The summed E-state index contributed by atoms with van der Waals surface area (Å²) in [6.07, 6.45) is 0. The van der Waals surface area contributed by atoms with Crippen molar-refractivity contribution in [1.29, 1.82) is 0 Å². The van der Waals surface area contributed by atoms with Crippen molar-refractivity contribution in [1.82, 2.24) is 9.80 Å². The van der Waals surface area contributed by atoms with Crippen LogP contribution in [0, 0.1) is 5.82 Å². The minimum Gasteiger partial charge on any atom is -0.301 e. The molecule has 0 aromatic heterocycles. The highest BCUT2D eigenvalue weighted by Gasteiger charge is 2.16. The van der Waals surface area contributed by atoms with Crippen LogP contribution in [0.4, 0.5) is 4.39 Å². The monoisotopic (exact) mass is 264 g/mol. The third-order valence-electron chi connectivity index (χ3n) is 4.01. The molecule has 0 saturated carbocycles. The first-order valence-corrected chi connectivity index (χ1v) is 7.33. The van der Waals surface area contributed by atoms with Crippen LogP contribution in [-0.2, 0) is 6.54 Å². The first-order chi connectivity index (χ1) is 9.10. The Morgan fingerprint density at radius 2 is 1.74 bits per heavy atom. The van der Waals surface area contributed by atoms with Crippen LogP contribution in [0.5, 0.6) is 0 Å². The molecular weight excluding hydrogens is 239 g/mol. The van der Waals surface area contributed by atoms with E-state index in [4.69, 9.17) is 0 Å². The Kier molecular flexibility index (Phi) is 4.94. The Balaban J connectivity index is 1.95. The van der Waals surface area contributed by atoms with Gasteiger partial charge in [0.05, 0.1) is 0 Å². The molecule has 0 unspecified atom stereocenters. The molecule has 19 heavy (non-hydrogen) atoms. The van der Waals surface area contributed by atoms with E-state index in [1.54, 1.807) is 6.07 Å². The lowest BCUT2D eigenvalue weighted by Crippen LogP contribution is -2.45. The lowest BCUT2D eigenvalue weighted by molar-refractivity contribution is 0.132. The fraction of sp³-hybridized carbons (Fsp3) is 0.625.